The zero-order valence-electron chi connectivity index (χ0n) is 26.6. The zero-order valence-corrected chi connectivity index (χ0v) is 27.5. The van der Waals surface area contributed by atoms with Crippen LogP contribution in [0.25, 0.3) is 21.9 Å². The van der Waals surface area contributed by atoms with E-state index in [4.69, 9.17) is 19.3 Å². The molecule has 1 atom stereocenters. The van der Waals surface area contributed by atoms with Gasteiger partial charge in [-0.25, -0.2) is 0 Å². The molecule has 1 heterocycles. The lowest BCUT2D eigenvalue weighted by atomic mass is 9.81. The van der Waals surface area contributed by atoms with E-state index in [9.17, 15) is 0 Å². The predicted octanol–water partition coefficient (Wildman–Crippen LogP) is 10.4. The first-order valence-electron chi connectivity index (χ1n) is 14.7. The standard InChI is InChI=1S/C36H49O3P/c1-13-15-16-26(14-2)23-37-40-38-33-29(19-27(17-24(3)4)21-31(33)35(7,8)9)30-20-28(18-25(5)6)22-32(34(30)39-40)36(10,11)12/h1,19-22,24-26H,14,17-18,23H2,2-12H3. The predicted molar refractivity (Wildman–Crippen MR) is 173 cm³/mol. The molecule has 0 amide bonds. The van der Waals surface area contributed by atoms with Crippen molar-refractivity contribution in [1.29, 1.82) is 0 Å². The maximum atomic E-state index is 6.78. The molecular weight excluding hydrogens is 511 g/mol. The van der Waals surface area contributed by atoms with Crippen molar-refractivity contribution in [2.24, 2.45) is 17.8 Å². The average Bonchev–Trinajstić information content (AvgIpc) is 2.98. The normalized spacial score (nSPS) is 13.0. The van der Waals surface area contributed by atoms with E-state index in [0.29, 0.717) is 18.4 Å². The lowest BCUT2D eigenvalue weighted by molar-refractivity contribution is 0.328. The molecule has 0 saturated heterocycles. The van der Waals surface area contributed by atoms with E-state index in [2.05, 4.69) is 118 Å². The summed E-state index contributed by atoms with van der Waals surface area (Å²) in [6.07, 6.45) is 8.23. The van der Waals surface area contributed by atoms with Gasteiger partial charge >= 0.3 is 8.24 Å². The summed E-state index contributed by atoms with van der Waals surface area (Å²) in [5.41, 5.74) is 6.48. The highest BCUT2D eigenvalue weighted by molar-refractivity contribution is 7.31. The van der Waals surface area contributed by atoms with Crippen molar-refractivity contribution in [3.05, 3.63) is 46.5 Å². The smallest absolute Gasteiger partial charge is 0.387 e. The van der Waals surface area contributed by atoms with Crippen LogP contribution in [0.1, 0.15) is 105 Å². The fraction of sp³-hybridized carbons (Fsp3) is 0.556. The van der Waals surface area contributed by atoms with Crippen LogP contribution in [-0.2, 0) is 23.7 Å². The van der Waals surface area contributed by atoms with E-state index in [0.717, 1.165) is 41.2 Å². The monoisotopic (exact) mass is 560 g/mol. The molecule has 4 heteroatoms. The number of rotatable bonds is 8. The van der Waals surface area contributed by atoms with Gasteiger partial charge in [0.2, 0.25) is 0 Å². The van der Waals surface area contributed by atoms with Crippen LogP contribution in [0.5, 0.6) is 0 Å². The molecule has 1 aromatic heterocycles. The van der Waals surface area contributed by atoms with E-state index in [-0.39, 0.29) is 16.7 Å². The molecule has 0 aliphatic heterocycles. The van der Waals surface area contributed by atoms with Crippen molar-refractivity contribution in [2.75, 3.05) is 6.61 Å². The topological polar surface area (TPSA) is 35.5 Å². The Balaban J connectivity index is 2.51. The largest absolute Gasteiger partial charge is 0.399 e. The van der Waals surface area contributed by atoms with Crippen LogP contribution in [0.3, 0.4) is 0 Å². The Morgan fingerprint density at radius 2 is 1.25 bits per heavy atom. The lowest BCUT2D eigenvalue weighted by Gasteiger charge is -2.22. The number of hydrogen-bond acceptors (Lipinski definition) is 3. The number of terminal acetylenes is 1. The summed E-state index contributed by atoms with van der Waals surface area (Å²) >= 11 is 0. The minimum Gasteiger partial charge on any atom is -0.399 e. The molecular formula is C36H49O3P. The van der Waals surface area contributed by atoms with Gasteiger partial charge in [0, 0.05) is 27.8 Å². The van der Waals surface area contributed by atoms with Gasteiger partial charge in [-0.15, -0.1) is 6.42 Å². The molecule has 3 aromatic rings. The second-order valence-electron chi connectivity index (χ2n) is 14.0. The average molecular weight is 561 g/mol. The van der Waals surface area contributed by atoms with Gasteiger partial charge in [-0.3, -0.25) is 4.52 Å². The van der Waals surface area contributed by atoms with Gasteiger partial charge in [-0.05, 0) is 77.0 Å². The van der Waals surface area contributed by atoms with Gasteiger partial charge in [0.15, 0.2) is 0 Å². The highest BCUT2D eigenvalue weighted by Gasteiger charge is 2.26. The van der Waals surface area contributed by atoms with Crippen molar-refractivity contribution in [3.8, 4) is 24.2 Å². The summed E-state index contributed by atoms with van der Waals surface area (Å²) in [7, 11) is -1.72. The Labute approximate surface area is 244 Å². The van der Waals surface area contributed by atoms with Crippen LogP contribution >= 0.6 is 8.24 Å². The van der Waals surface area contributed by atoms with Crippen LogP contribution in [0.2, 0.25) is 0 Å². The molecule has 0 saturated carbocycles. The Hall–Kier alpha value is -2.58. The Kier molecular flexibility index (Phi) is 10.3. The summed E-state index contributed by atoms with van der Waals surface area (Å²) < 4.78 is 20.0. The summed E-state index contributed by atoms with van der Waals surface area (Å²) in [6.45, 7) is 25.1. The summed E-state index contributed by atoms with van der Waals surface area (Å²) in [6, 6.07) is 9.30. The van der Waals surface area contributed by atoms with Gasteiger partial charge < -0.3 is 8.39 Å². The molecule has 2 aromatic carbocycles. The molecule has 216 valence electrons. The van der Waals surface area contributed by atoms with Crippen molar-refractivity contribution in [1.82, 2.24) is 0 Å². The molecule has 0 aliphatic rings. The molecule has 1 unspecified atom stereocenters. The van der Waals surface area contributed by atoms with E-state index in [1.54, 1.807) is 0 Å². The van der Waals surface area contributed by atoms with Crippen molar-refractivity contribution >= 4 is 30.2 Å². The molecule has 0 radical (unpaired) electrons. The van der Waals surface area contributed by atoms with Gasteiger partial charge in [0.05, 0.1) is 6.61 Å². The van der Waals surface area contributed by atoms with Crippen LogP contribution in [0.4, 0.5) is 0 Å². The third kappa shape index (κ3) is 8.00. The van der Waals surface area contributed by atoms with Crippen molar-refractivity contribution in [3.63, 3.8) is 0 Å². The molecule has 0 N–H and O–H groups in total. The highest BCUT2D eigenvalue weighted by atomic mass is 31.1. The van der Waals surface area contributed by atoms with Crippen LogP contribution in [0.15, 0.2) is 32.7 Å². The minimum absolute atomic E-state index is 0.0129. The van der Waals surface area contributed by atoms with Crippen LogP contribution in [-0.4, -0.2) is 6.61 Å². The molecule has 0 bridgehead atoms. The van der Waals surface area contributed by atoms with E-state index >= 15 is 0 Å². The van der Waals surface area contributed by atoms with Gasteiger partial charge in [-0.1, -0.05) is 94.2 Å². The summed E-state index contributed by atoms with van der Waals surface area (Å²) in [4.78, 5) is 0. The number of fused-ring (bicyclic) bond motifs is 3. The first kappa shape index (κ1) is 31.9. The Morgan fingerprint density at radius 1 is 0.800 bits per heavy atom. The third-order valence-electron chi connectivity index (χ3n) is 7.05. The molecule has 3 rings (SSSR count). The minimum atomic E-state index is -1.72. The summed E-state index contributed by atoms with van der Waals surface area (Å²) in [5, 5.41) is 2.20. The van der Waals surface area contributed by atoms with E-state index < -0.39 is 8.24 Å². The second kappa shape index (κ2) is 12.9. The lowest BCUT2D eigenvalue weighted by Crippen LogP contribution is -2.13. The molecule has 0 fully saturated rings. The third-order valence-corrected chi connectivity index (χ3v) is 8.07. The van der Waals surface area contributed by atoms with Gasteiger partial charge in [0.1, 0.15) is 11.2 Å². The highest BCUT2D eigenvalue weighted by Crippen LogP contribution is 2.43. The second-order valence-corrected chi connectivity index (χ2v) is 15.0. The van der Waals surface area contributed by atoms with Gasteiger partial charge in [0.25, 0.3) is 0 Å². The maximum absolute atomic E-state index is 6.78. The van der Waals surface area contributed by atoms with Crippen molar-refractivity contribution in [2.45, 2.75) is 106 Å². The fourth-order valence-electron chi connectivity index (χ4n) is 5.04. The number of benzene rings is 2. The van der Waals surface area contributed by atoms with Crippen LogP contribution < -0.4 is 4.52 Å². The first-order valence-corrected chi connectivity index (χ1v) is 15.8. The fourth-order valence-corrected chi connectivity index (χ4v) is 6.18. The SMILES string of the molecule is C#CC#CC(CC)COp1oc2c(C(C)(C)C)cc(CC(C)C)cc2c2cc(CC(C)C)cc(C(C)(C)C)c2o1. The van der Waals surface area contributed by atoms with E-state index in [1.807, 2.05) is 0 Å². The molecule has 0 spiro atoms. The molecule has 40 heavy (non-hydrogen) atoms. The van der Waals surface area contributed by atoms with Gasteiger partial charge in [-0.2, -0.15) is 0 Å². The maximum Gasteiger partial charge on any atom is 0.387 e. The quantitative estimate of drug-likeness (QED) is 0.257. The Bertz CT molecular complexity index is 1380. The van der Waals surface area contributed by atoms with E-state index in [1.165, 1.54) is 22.3 Å². The number of hydrogen-bond donors (Lipinski definition) is 0. The molecule has 3 nitrogen and oxygen atoms in total. The molecule has 0 aliphatic carbocycles. The zero-order chi connectivity index (χ0) is 29.8. The Morgan fingerprint density at radius 3 is 1.60 bits per heavy atom. The first-order chi connectivity index (χ1) is 18.6. The van der Waals surface area contributed by atoms with Crippen molar-refractivity contribution < 1.29 is 12.9 Å². The van der Waals surface area contributed by atoms with Crippen LogP contribution in [0, 0.1) is 41.9 Å². The summed E-state index contributed by atoms with van der Waals surface area (Å²) in [5.74, 6) is 9.40.